The summed E-state index contributed by atoms with van der Waals surface area (Å²) in [4.78, 5) is 14.8. The molecule has 5 nitrogen and oxygen atoms in total. The van der Waals surface area contributed by atoms with Gasteiger partial charge >= 0.3 is 0 Å². The van der Waals surface area contributed by atoms with Crippen molar-refractivity contribution in [3.8, 4) is 5.75 Å². The average Bonchev–Trinajstić information content (AvgIpc) is 2.73. The molecule has 0 aliphatic rings. The van der Waals surface area contributed by atoms with Gasteiger partial charge in [-0.1, -0.05) is 17.7 Å². The summed E-state index contributed by atoms with van der Waals surface area (Å²) < 4.78 is 5.85. The molecule has 2 aromatic rings. The first-order chi connectivity index (χ1) is 8.15. The fourth-order valence-corrected chi connectivity index (χ4v) is 2.08. The Balaban J connectivity index is 2.04. The van der Waals surface area contributed by atoms with Crippen LogP contribution in [0.4, 0.5) is 5.69 Å². The van der Waals surface area contributed by atoms with Gasteiger partial charge in [-0.15, -0.1) is 11.3 Å². The van der Waals surface area contributed by atoms with Crippen LogP contribution in [0.15, 0.2) is 30.5 Å². The number of nitro benzene ring substituents is 1. The van der Waals surface area contributed by atoms with E-state index in [-0.39, 0.29) is 5.69 Å². The highest BCUT2D eigenvalue weighted by molar-refractivity contribution is 7.15. The summed E-state index contributed by atoms with van der Waals surface area (Å²) in [6.07, 6.45) is 1.62. The summed E-state index contributed by atoms with van der Waals surface area (Å²) in [5.41, 5.74) is 0.00448. The molecule has 0 spiro atoms. The van der Waals surface area contributed by atoms with Crippen LogP contribution in [0.2, 0.25) is 4.47 Å². The van der Waals surface area contributed by atoms with Crippen molar-refractivity contribution in [1.29, 1.82) is 0 Å². The normalized spacial score (nSPS) is 10.2. The molecule has 0 fully saturated rings. The third-order valence-corrected chi connectivity index (χ3v) is 3.02. The van der Waals surface area contributed by atoms with Gasteiger partial charge in [-0.3, -0.25) is 10.1 Å². The first-order valence-corrected chi connectivity index (χ1v) is 5.82. The van der Waals surface area contributed by atoms with Crippen LogP contribution in [0, 0.1) is 10.1 Å². The first kappa shape index (κ1) is 11.8. The minimum atomic E-state index is -0.462. The highest BCUT2D eigenvalue weighted by Crippen LogP contribution is 2.22. The molecule has 0 radical (unpaired) electrons. The summed E-state index contributed by atoms with van der Waals surface area (Å²) in [5, 5.41) is 10.6. The molecule has 17 heavy (non-hydrogen) atoms. The number of rotatable bonds is 4. The van der Waals surface area contributed by atoms with Crippen molar-refractivity contribution in [2.24, 2.45) is 0 Å². The molecule has 0 saturated heterocycles. The molecule has 0 saturated carbocycles. The standard InChI is InChI=1S/C10H7ClN2O3S/c11-10-12-5-9(17-10)6-16-8-3-1-2-7(4-8)13(14)15/h1-5H,6H2. The van der Waals surface area contributed by atoms with Crippen LogP contribution in [0.25, 0.3) is 0 Å². The van der Waals surface area contributed by atoms with Gasteiger partial charge in [0.25, 0.3) is 5.69 Å². The molecule has 1 aromatic carbocycles. The molecule has 0 aliphatic carbocycles. The molecule has 0 N–H and O–H groups in total. The lowest BCUT2D eigenvalue weighted by molar-refractivity contribution is -0.384. The third kappa shape index (κ3) is 3.15. The predicted molar refractivity (Wildman–Crippen MR) is 64.6 cm³/mol. The predicted octanol–water partition coefficient (Wildman–Crippen LogP) is 3.28. The van der Waals surface area contributed by atoms with Crippen molar-refractivity contribution in [3.05, 3.63) is 49.9 Å². The molecule has 0 atom stereocenters. The van der Waals surface area contributed by atoms with E-state index in [1.807, 2.05) is 0 Å². The molecule has 2 rings (SSSR count). The van der Waals surface area contributed by atoms with Gasteiger partial charge in [0.15, 0.2) is 4.47 Å². The van der Waals surface area contributed by atoms with E-state index in [9.17, 15) is 10.1 Å². The fourth-order valence-electron chi connectivity index (χ4n) is 1.19. The Morgan fingerprint density at radius 3 is 3.00 bits per heavy atom. The van der Waals surface area contributed by atoms with Crippen LogP contribution in [0.1, 0.15) is 4.88 Å². The SMILES string of the molecule is O=[N+]([O-])c1cccc(OCc2cnc(Cl)s2)c1. The van der Waals surface area contributed by atoms with Crippen LogP contribution in [-0.2, 0) is 6.61 Å². The van der Waals surface area contributed by atoms with Crippen molar-refractivity contribution < 1.29 is 9.66 Å². The summed E-state index contributed by atoms with van der Waals surface area (Å²) in [7, 11) is 0. The second-order valence-electron chi connectivity index (χ2n) is 3.12. The van der Waals surface area contributed by atoms with Crippen LogP contribution >= 0.6 is 22.9 Å². The van der Waals surface area contributed by atoms with E-state index in [0.717, 1.165) is 4.88 Å². The Hall–Kier alpha value is -1.66. The molecule has 1 heterocycles. The van der Waals surface area contributed by atoms with E-state index < -0.39 is 4.92 Å². The molecule has 0 bridgehead atoms. The van der Waals surface area contributed by atoms with Gasteiger partial charge in [0.1, 0.15) is 12.4 Å². The van der Waals surface area contributed by atoms with Gasteiger partial charge in [0.05, 0.1) is 15.9 Å². The number of nitro groups is 1. The van der Waals surface area contributed by atoms with Crippen molar-refractivity contribution in [2.75, 3.05) is 0 Å². The highest BCUT2D eigenvalue weighted by Gasteiger charge is 2.07. The molecular weight excluding hydrogens is 264 g/mol. The molecule has 7 heteroatoms. The third-order valence-electron chi connectivity index (χ3n) is 1.93. The van der Waals surface area contributed by atoms with E-state index in [1.54, 1.807) is 18.3 Å². The molecule has 0 unspecified atom stereocenters. The Bertz CT molecular complexity index is 544. The monoisotopic (exact) mass is 270 g/mol. The maximum atomic E-state index is 10.6. The van der Waals surface area contributed by atoms with E-state index in [2.05, 4.69) is 4.98 Å². The van der Waals surface area contributed by atoms with Crippen LogP contribution in [0.5, 0.6) is 5.75 Å². The average molecular weight is 271 g/mol. The van der Waals surface area contributed by atoms with Crippen LogP contribution in [-0.4, -0.2) is 9.91 Å². The molecule has 1 aromatic heterocycles. The Labute approximate surface area is 106 Å². The number of thiazole rings is 1. The number of aromatic nitrogens is 1. The number of hydrogen-bond acceptors (Lipinski definition) is 5. The lowest BCUT2D eigenvalue weighted by Crippen LogP contribution is -1.94. The second kappa shape index (κ2) is 5.11. The molecular formula is C10H7ClN2O3S. The van der Waals surface area contributed by atoms with E-state index in [0.29, 0.717) is 16.8 Å². The zero-order chi connectivity index (χ0) is 12.3. The van der Waals surface area contributed by atoms with Gasteiger partial charge in [0, 0.05) is 12.3 Å². The number of ether oxygens (including phenoxy) is 1. The highest BCUT2D eigenvalue weighted by atomic mass is 35.5. The number of halogens is 1. The molecule has 0 amide bonds. The minimum Gasteiger partial charge on any atom is -0.488 e. The molecule has 0 aliphatic heterocycles. The maximum absolute atomic E-state index is 10.6. The second-order valence-corrected chi connectivity index (χ2v) is 4.82. The lowest BCUT2D eigenvalue weighted by atomic mass is 10.3. The smallest absolute Gasteiger partial charge is 0.273 e. The topological polar surface area (TPSA) is 65.3 Å². The quantitative estimate of drug-likeness (QED) is 0.632. The Morgan fingerprint density at radius 2 is 2.35 bits per heavy atom. The van der Waals surface area contributed by atoms with Gasteiger partial charge in [0.2, 0.25) is 0 Å². The van der Waals surface area contributed by atoms with E-state index in [4.69, 9.17) is 16.3 Å². The number of non-ortho nitro benzene ring substituents is 1. The van der Waals surface area contributed by atoms with Crippen molar-refractivity contribution in [2.45, 2.75) is 6.61 Å². The first-order valence-electron chi connectivity index (χ1n) is 4.62. The van der Waals surface area contributed by atoms with Gasteiger partial charge in [-0.2, -0.15) is 0 Å². The van der Waals surface area contributed by atoms with Gasteiger partial charge < -0.3 is 4.74 Å². The van der Waals surface area contributed by atoms with Crippen LogP contribution in [0.3, 0.4) is 0 Å². The maximum Gasteiger partial charge on any atom is 0.273 e. The van der Waals surface area contributed by atoms with Gasteiger partial charge in [-0.25, -0.2) is 4.98 Å². The van der Waals surface area contributed by atoms with Crippen molar-refractivity contribution >= 4 is 28.6 Å². The Morgan fingerprint density at radius 1 is 1.53 bits per heavy atom. The van der Waals surface area contributed by atoms with Crippen LogP contribution < -0.4 is 4.74 Å². The summed E-state index contributed by atoms with van der Waals surface area (Å²) in [6.45, 7) is 0.297. The number of nitrogens with zero attached hydrogens (tertiary/aromatic N) is 2. The van der Waals surface area contributed by atoms with E-state index >= 15 is 0 Å². The summed E-state index contributed by atoms with van der Waals surface area (Å²) in [5.74, 6) is 0.448. The van der Waals surface area contributed by atoms with Crippen molar-refractivity contribution in [3.63, 3.8) is 0 Å². The number of benzene rings is 1. The fraction of sp³-hybridized carbons (Fsp3) is 0.100. The number of hydrogen-bond donors (Lipinski definition) is 0. The zero-order valence-electron chi connectivity index (χ0n) is 8.50. The zero-order valence-corrected chi connectivity index (χ0v) is 10.1. The Kier molecular flexibility index (Phi) is 3.55. The summed E-state index contributed by atoms with van der Waals surface area (Å²) >= 11 is 6.98. The van der Waals surface area contributed by atoms with Gasteiger partial charge in [-0.05, 0) is 6.07 Å². The minimum absolute atomic E-state index is 0.00448. The molecule has 88 valence electrons. The lowest BCUT2D eigenvalue weighted by Gasteiger charge is -2.03. The van der Waals surface area contributed by atoms with Crippen molar-refractivity contribution in [1.82, 2.24) is 4.98 Å². The largest absolute Gasteiger partial charge is 0.488 e. The summed E-state index contributed by atoms with van der Waals surface area (Å²) in [6, 6.07) is 6.03. The van der Waals surface area contributed by atoms with E-state index in [1.165, 1.54) is 23.5 Å².